The number of amides is 2. The molecule has 2 fully saturated rings. The summed E-state index contributed by atoms with van der Waals surface area (Å²) in [5.74, 6) is 0.546. The van der Waals surface area contributed by atoms with Crippen molar-refractivity contribution in [3.05, 3.63) is 36.0 Å². The molecular formula is C21H30N6O4S. The quantitative estimate of drug-likeness (QED) is 0.645. The Morgan fingerprint density at radius 3 is 2.25 bits per heavy atom. The summed E-state index contributed by atoms with van der Waals surface area (Å²) in [6, 6.07) is 7.56. The lowest BCUT2D eigenvalue weighted by Crippen LogP contribution is -2.50. The van der Waals surface area contributed by atoms with Crippen molar-refractivity contribution in [1.29, 1.82) is 0 Å². The Balaban J connectivity index is 1.41. The highest BCUT2D eigenvalue weighted by atomic mass is 32.2. The van der Waals surface area contributed by atoms with Crippen molar-refractivity contribution in [2.45, 2.75) is 0 Å². The molecule has 2 amide bonds. The molecule has 0 atom stereocenters. The average Bonchev–Trinajstić information content (AvgIpc) is 3.20. The van der Waals surface area contributed by atoms with E-state index in [9.17, 15) is 18.0 Å². The SMILES string of the molecule is CN1CCN(C(=O)CNC(=O)c2ccc3ccc(N4CCN(S(C)(=O)=O)CC4)n3c2)CC1. The van der Waals surface area contributed by atoms with E-state index in [0.717, 1.165) is 24.4 Å². The number of sulfonamides is 1. The Bertz CT molecular complexity index is 1100. The fourth-order valence-corrected chi connectivity index (χ4v) is 4.98. The van der Waals surface area contributed by atoms with Crippen LogP contribution in [0.2, 0.25) is 0 Å². The maximum Gasteiger partial charge on any atom is 0.253 e. The monoisotopic (exact) mass is 462 g/mol. The van der Waals surface area contributed by atoms with Crippen LogP contribution >= 0.6 is 0 Å². The Labute approximate surface area is 188 Å². The third-order valence-corrected chi connectivity index (χ3v) is 7.48. The van der Waals surface area contributed by atoms with E-state index in [4.69, 9.17) is 0 Å². The number of likely N-dealkylation sites (N-methyl/N-ethyl adjacent to an activating group) is 1. The van der Waals surface area contributed by atoms with E-state index >= 15 is 0 Å². The van der Waals surface area contributed by atoms with Crippen molar-refractivity contribution < 1.29 is 18.0 Å². The zero-order valence-electron chi connectivity index (χ0n) is 18.5. The van der Waals surface area contributed by atoms with Gasteiger partial charge in [-0.15, -0.1) is 0 Å². The average molecular weight is 463 g/mol. The molecule has 0 aliphatic carbocycles. The van der Waals surface area contributed by atoms with E-state index in [-0.39, 0.29) is 18.4 Å². The van der Waals surface area contributed by atoms with Crippen molar-refractivity contribution in [2.24, 2.45) is 0 Å². The molecule has 4 heterocycles. The van der Waals surface area contributed by atoms with Crippen molar-refractivity contribution in [2.75, 3.05) is 77.1 Å². The lowest BCUT2D eigenvalue weighted by atomic mass is 10.2. The molecule has 0 radical (unpaired) electrons. The molecule has 0 aromatic carbocycles. The van der Waals surface area contributed by atoms with Gasteiger partial charge in [0.05, 0.1) is 18.4 Å². The number of nitrogens with zero attached hydrogens (tertiary/aromatic N) is 5. The molecular weight excluding hydrogens is 432 g/mol. The van der Waals surface area contributed by atoms with Gasteiger partial charge in [0.15, 0.2) is 0 Å². The Kier molecular flexibility index (Phi) is 6.40. The second-order valence-electron chi connectivity index (χ2n) is 8.42. The van der Waals surface area contributed by atoms with Gasteiger partial charge in [0.2, 0.25) is 15.9 Å². The lowest BCUT2D eigenvalue weighted by Gasteiger charge is -2.34. The molecule has 2 aromatic heterocycles. The van der Waals surface area contributed by atoms with E-state index in [0.29, 0.717) is 44.8 Å². The predicted molar refractivity (Wildman–Crippen MR) is 122 cm³/mol. The van der Waals surface area contributed by atoms with Gasteiger partial charge in [0, 0.05) is 64.1 Å². The number of hydrogen-bond donors (Lipinski definition) is 1. The number of nitrogens with one attached hydrogen (secondary N) is 1. The number of hydrogen-bond acceptors (Lipinski definition) is 6. The Hall–Kier alpha value is -2.63. The Morgan fingerprint density at radius 1 is 0.938 bits per heavy atom. The third-order valence-electron chi connectivity index (χ3n) is 6.18. The first-order valence-electron chi connectivity index (χ1n) is 10.8. The van der Waals surface area contributed by atoms with E-state index in [1.165, 1.54) is 10.6 Å². The van der Waals surface area contributed by atoms with Crippen molar-refractivity contribution >= 4 is 33.2 Å². The number of fused-ring (bicyclic) bond motifs is 1. The number of carbonyl (C=O) groups is 2. The Morgan fingerprint density at radius 2 is 1.59 bits per heavy atom. The zero-order chi connectivity index (χ0) is 22.9. The molecule has 0 unspecified atom stereocenters. The highest BCUT2D eigenvalue weighted by Gasteiger charge is 2.25. The zero-order valence-corrected chi connectivity index (χ0v) is 19.3. The minimum absolute atomic E-state index is 0.0213. The van der Waals surface area contributed by atoms with E-state index in [1.807, 2.05) is 29.6 Å². The highest BCUT2D eigenvalue weighted by molar-refractivity contribution is 7.88. The molecule has 0 saturated carbocycles. The van der Waals surface area contributed by atoms with E-state index < -0.39 is 10.0 Å². The van der Waals surface area contributed by atoms with Gasteiger partial charge < -0.3 is 24.4 Å². The lowest BCUT2D eigenvalue weighted by molar-refractivity contribution is -0.131. The number of anilines is 1. The van der Waals surface area contributed by atoms with Crippen molar-refractivity contribution in [3.63, 3.8) is 0 Å². The largest absolute Gasteiger partial charge is 0.355 e. The molecule has 2 aliphatic rings. The van der Waals surface area contributed by atoms with Crippen LogP contribution in [0.4, 0.5) is 5.82 Å². The third kappa shape index (κ3) is 4.89. The second-order valence-corrected chi connectivity index (χ2v) is 10.4. The molecule has 2 aliphatic heterocycles. The summed E-state index contributed by atoms with van der Waals surface area (Å²) < 4.78 is 26.9. The van der Waals surface area contributed by atoms with Gasteiger partial charge in [0.1, 0.15) is 5.82 Å². The topological polar surface area (TPSA) is 97.7 Å². The van der Waals surface area contributed by atoms with Crippen LogP contribution in [-0.2, 0) is 14.8 Å². The summed E-state index contributed by atoms with van der Waals surface area (Å²) in [6.45, 7) is 5.03. The fraction of sp³-hybridized carbons (Fsp3) is 0.524. The minimum atomic E-state index is -3.19. The van der Waals surface area contributed by atoms with Crippen molar-refractivity contribution in [3.8, 4) is 0 Å². The summed E-state index contributed by atoms with van der Waals surface area (Å²) in [5, 5.41) is 2.74. The normalized spacial score (nSPS) is 18.8. The standard InChI is InChI=1S/C21H30N6O4S/c1-23-7-9-25(10-8-23)20(28)15-22-21(29)17-3-4-18-5-6-19(27(18)16-17)24-11-13-26(14-12-24)32(2,30)31/h3-6,16H,7-15H2,1-2H3,(H,22,29). The molecule has 11 heteroatoms. The van der Waals surface area contributed by atoms with Crippen molar-refractivity contribution in [1.82, 2.24) is 23.8 Å². The van der Waals surface area contributed by atoms with Gasteiger partial charge in [-0.05, 0) is 31.3 Å². The van der Waals surface area contributed by atoms with Gasteiger partial charge in [-0.2, -0.15) is 4.31 Å². The minimum Gasteiger partial charge on any atom is -0.355 e. The number of aromatic nitrogens is 1. The molecule has 32 heavy (non-hydrogen) atoms. The van der Waals surface area contributed by atoms with E-state index in [1.54, 1.807) is 17.2 Å². The number of carbonyl (C=O) groups excluding carboxylic acids is 2. The number of rotatable bonds is 5. The van der Waals surface area contributed by atoms with Crippen LogP contribution in [0.3, 0.4) is 0 Å². The van der Waals surface area contributed by atoms with Gasteiger partial charge in [-0.25, -0.2) is 8.42 Å². The fourth-order valence-electron chi connectivity index (χ4n) is 4.15. The van der Waals surface area contributed by atoms with E-state index in [2.05, 4.69) is 15.1 Å². The summed E-state index contributed by atoms with van der Waals surface area (Å²) >= 11 is 0. The first-order valence-corrected chi connectivity index (χ1v) is 12.6. The van der Waals surface area contributed by atoms with Crippen LogP contribution in [0.25, 0.3) is 5.52 Å². The first kappa shape index (κ1) is 22.6. The highest BCUT2D eigenvalue weighted by Crippen LogP contribution is 2.22. The molecule has 2 saturated heterocycles. The summed E-state index contributed by atoms with van der Waals surface area (Å²) in [4.78, 5) is 31.2. The van der Waals surface area contributed by atoms with Gasteiger partial charge >= 0.3 is 0 Å². The first-order chi connectivity index (χ1) is 15.2. The molecule has 0 bridgehead atoms. The van der Waals surface area contributed by atoms with Crippen LogP contribution in [0.5, 0.6) is 0 Å². The second kappa shape index (κ2) is 9.08. The molecule has 10 nitrogen and oxygen atoms in total. The van der Waals surface area contributed by atoms with Gasteiger partial charge in [-0.1, -0.05) is 0 Å². The predicted octanol–water partition coefficient (Wildman–Crippen LogP) is -0.475. The maximum atomic E-state index is 12.7. The van der Waals surface area contributed by atoms with Gasteiger partial charge in [-0.3, -0.25) is 9.59 Å². The molecule has 0 spiro atoms. The van der Waals surface area contributed by atoms with Gasteiger partial charge in [0.25, 0.3) is 5.91 Å². The van der Waals surface area contributed by atoms with Crippen LogP contribution < -0.4 is 10.2 Å². The molecule has 2 aromatic rings. The van der Waals surface area contributed by atoms with Crippen LogP contribution in [0.15, 0.2) is 30.5 Å². The van der Waals surface area contributed by atoms with Crippen LogP contribution in [0, 0.1) is 0 Å². The molecule has 4 rings (SSSR count). The summed E-state index contributed by atoms with van der Waals surface area (Å²) in [5.41, 5.74) is 1.41. The smallest absolute Gasteiger partial charge is 0.253 e. The number of pyridine rings is 1. The van der Waals surface area contributed by atoms with Crippen LogP contribution in [-0.4, -0.2) is 111 Å². The van der Waals surface area contributed by atoms with Crippen LogP contribution in [0.1, 0.15) is 10.4 Å². The maximum absolute atomic E-state index is 12.7. The molecule has 1 N–H and O–H groups in total. The summed E-state index contributed by atoms with van der Waals surface area (Å²) in [7, 11) is -1.16. The summed E-state index contributed by atoms with van der Waals surface area (Å²) in [6.07, 6.45) is 3.00. The molecule has 174 valence electrons. The number of piperazine rings is 2.